The Balaban J connectivity index is 2.77. The van der Waals surface area contributed by atoms with Gasteiger partial charge in [-0.15, -0.1) is 0 Å². The minimum absolute atomic E-state index is 0.190. The van der Waals surface area contributed by atoms with Crippen molar-refractivity contribution in [2.45, 2.75) is 12.5 Å². The maximum atomic E-state index is 6.03. The zero-order chi connectivity index (χ0) is 10.6. The van der Waals surface area contributed by atoms with Crippen molar-refractivity contribution in [2.75, 3.05) is 20.8 Å². The van der Waals surface area contributed by atoms with Crippen molar-refractivity contribution in [3.05, 3.63) is 16.9 Å². The largest absolute Gasteiger partial charge is 0.385 e. The second kappa shape index (κ2) is 5.34. The number of aryl methyl sites for hydroxylation is 1. The number of rotatable bonds is 5. The first-order valence-electron chi connectivity index (χ1n) is 4.54. The van der Waals surface area contributed by atoms with E-state index in [9.17, 15) is 0 Å². The van der Waals surface area contributed by atoms with Crippen LogP contribution in [-0.4, -0.2) is 30.5 Å². The summed E-state index contributed by atoms with van der Waals surface area (Å²) in [6.45, 7) is 0.701. The summed E-state index contributed by atoms with van der Waals surface area (Å²) in [6, 6.07) is 0.190. The van der Waals surface area contributed by atoms with Crippen LogP contribution in [0.4, 0.5) is 0 Å². The predicted octanol–water partition coefficient (Wildman–Crippen LogP) is 1.37. The van der Waals surface area contributed by atoms with Gasteiger partial charge in [0.05, 0.1) is 23.0 Å². The van der Waals surface area contributed by atoms with E-state index in [4.69, 9.17) is 16.3 Å². The average molecular weight is 218 g/mol. The van der Waals surface area contributed by atoms with Gasteiger partial charge >= 0.3 is 0 Å². The monoisotopic (exact) mass is 217 g/mol. The zero-order valence-electron chi connectivity index (χ0n) is 8.75. The maximum Gasteiger partial charge on any atom is 0.0834 e. The van der Waals surface area contributed by atoms with Crippen molar-refractivity contribution in [3.63, 3.8) is 0 Å². The first-order chi connectivity index (χ1) is 6.70. The predicted molar refractivity (Wildman–Crippen MR) is 56.5 cm³/mol. The van der Waals surface area contributed by atoms with E-state index in [2.05, 4.69) is 10.4 Å². The number of ether oxygens (including phenoxy) is 1. The molecule has 5 heteroatoms. The van der Waals surface area contributed by atoms with Gasteiger partial charge in [0.2, 0.25) is 0 Å². The molecule has 0 saturated heterocycles. The molecule has 0 radical (unpaired) electrons. The highest BCUT2D eigenvalue weighted by Crippen LogP contribution is 2.23. The van der Waals surface area contributed by atoms with Gasteiger partial charge in [0, 0.05) is 20.8 Å². The summed E-state index contributed by atoms with van der Waals surface area (Å²) in [7, 11) is 5.49. The molecule has 0 aliphatic carbocycles. The van der Waals surface area contributed by atoms with Crippen LogP contribution in [-0.2, 0) is 11.8 Å². The summed E-state index contributed by atoms with van der Waals surface area (Å²) < 4.78 is 6.83. The zero-order valence-corrected chi connectivity index (χ0v) is 9.51. The van der Waals surface area contributed by atoms with E-state index in [1.165, 1.54) is 0 Å². The van der Waals surface area contributed by atoms with Crippen LogP contribution >= 0.6 is 11.6 Å². The fourth-order valence-electron chi connectivity index (χ4n) is 1.47. The molecule has 0 saturated carbocycles. The first kappa shape index (κ1) is 11.5. The Bertz CT molecular complexity index is 268. The molecule has 1 N–H and O–H groups in total. The molecule has 0 fully saturated rings. The fourth-order valence-corrected chi connectivity index (χ4v) is 1.76. The summed E-state index contributed by atoms with van der Waals surface area (Å²) in [6.07, 6.45) is 2.54. The lowest BCUT2D eigenvalue weighted by Gasteiger charge is -2.16. The van der Waals surface area contributed by atoms with Crippen LogP contribution in [0.3, 0.4) is 0 Å². The SMILES string of the molecule is CNC(CCOC)c1c(Cl)cnn1C. The summed E-state index contributed by atoms with van der Waals surface area (Å²) in [5.74, 6) is 0. The van der Waals surface area contributed by atoms with E-state index in [0.717, 1.165) is 12.1 Å². The van der Waals surface area contributed by atoms with Crippen LogP contribution < -0.4 is 5.32 Å². The molecule has 1 atom stereocenters. The molecule has 14 heavy (non-hydrogen) atoms. The van der Waals surface area contributed by atoms with Crippen molar-refractivity contribution in [1.29, 1.82) is 0 Å². The lowest BCUT2D eigenvalue weighted by Crippen LogP contribution is -2.21. The van der Waals surface area contributed by atoms with Gasteiger partial charge in [-0.1, -0.05) is 11.6 Å². The van der Waals surface area contributed by atoms with Crippen LogP contribution in [0.2, 0.25) is 5.02 Å². The molecule has 1 heterocycles. The number of nitrogens with one attached hydrogen (secondary N) is 1. The van der Waals surface area contributed by atoms with E-state index in [-0.39, 0.29) is 6.04 Å². The van der Waals surface area contributed by atoms with Gasteiger partial charge in [0.15, 0.2) is 0 Å². The Morgan fingerprint density at radius 1 is 1.71 bits per heavy atom. The van der Waals surface area contributed by atoms with Crippen LogP contribution in [0.15, 0.2) is 6.20 Å². The molecule has 1 aromatic rings. The highest BCUT2D eigenvalue weighted by atomic mass is 35.5. The summed E-state index contributed by atoms with van der Waals surface area (Å²) in [4.78, 5) is 0. The summed E-state index contributed by atoms with van der Waals surface area (Å²) in [5.41, 5.74) is 1.01. The van der Waals surface area contributed by atoms with Gasteiger partial charge in [0.25, 0.3) is 0 Å². The molecule has 0 aliphatic heterocycles. The van der Waals surface area contributed by atoms with Crippen LogP contribution in [0.5, 0.6) is 0 Å². The van der Waals surface area contributed by atoms with Crippen LogP contribution in [0, 0.1) is 0 Å². The van der Waals surface area contributed by atoms with Gasteiger partial charge in [-0.3, -0.25) is 4.68 Å². The van der Waals surface area contributed by atoms with Crippen LogP contribution in [0.1, 0.15) is 18.2 Å². The summed E-state index contributed by atoms with van der Waals surface area (Å²) >= 11 is 6.03. The topological polar surface area (TPSA) is 39.1 Å². The second-order valence-electron chi connectivity index (χ2n) is 3.12. The van der Waals surface area contributed by atoms with Crippen LogP contribution in [0.25, 0.3) is 0 Å². The number of nitrogens with zero attached hydrogens (tertiary/aromatic N) is 2. The first-order valence-corrected chi connectivity index (χ1v) is 4.92. The third kappa shape index (κ3) is 2.47. The number of methoxy groups -OCH3 is 1. The summed E-state index contributed by atoms with van der Waals surface area (Å²) in [5, 5.41) is 7.99. The number of hydrogen-bond donors (Lipinski definition) is 1. The molecule has 0 bridgehead atoms. The average Bonchev–Trinajstić information content (AvgIpc) is 2.50. The normalized spacial score (nSPS) is 13.1. The van der Waals surface area contributed by atoms with Crippen molar-refractivity contribution >= 4 is 11.6 Å². The lowest BCUT2D eigenvalue weighted by molar-refractivity contribution is 0.183. The number of halogens is 1. The Morgan fingerprint density at radius 2 is 2.43 bits per heavy atom. The van der Waals surface area contributed by atoms with Gasteiger partial charge in [-0.05, 0) is 13.5 Å². The third-order valence-electron chi connectivity index (χ3n) is 2.23. The van der Waals surface area contributed by atoms with Gasteiger partial charge < -0.3 is 10.1 Å². The highest BCUT2D eigenvalue weighted by molar-refractivity contribution is 6.31. The number of hydrogen-bond acceptors (Lipinski definition) is 3. The van der Waals surface area contributed by atoms with Crippen molar-refractivity contribution < 1.29 is 4.74 Å². The third-order valence-corrected chi connectivity index (χ3v) is 2.52. The van der Waals surface area contributed by atoms with E-state index < -0.39 is 0 Å². The Hall–Kier alpha value is -0.580. The number of aromatic nitrogens is 2. The molecule has 1 unspecified atom stereocenters. The molecule has 4 nitrogen and oxygen atoms in total. The molecule has 80 valence electrons. The maximum absolute atomic E-state index is 6.03. The Labute approximate surface area is 89.2 Å². The standard InChI is InChI=1S/C9H16ClN3O/c1-11-8(4-5-14-3)9-7(10)6-12-13(9)2/h6,8,11H,4-5H2,1-3H3. The molecule has 0 aliphatic rings. The fraction of sp³-hybridized carbons (Fsp3) is 0.667. The quantitative estimate of drug-likeness (QED) is 0.810. The molecule has 1 rings (SSSR count). The molecule has 1 aromatic heterocycles. The van der Waals surface area contributed by atoms with E-state index in [1.54, 1.807) is 18.0 Å². The van der Waals surface area contributed by atoms with Crippen molar-refractivity contribution in [3.8, 4) is 0 Å². The highest BCUT2D eigenvalue weighted by Gasteiger charge is 2.16. The minimum Gasteiger partial charge on any atom is -0.385 e. The van der Waals surface area contributed by atoms with E-state index in [0.29, 0.717) is 11.6 Å². The molecule has 0 spiro atoms. The van der Waals surface area contributed by atoms with E-state index >= 15 is 0 Å². The van der Waals surface area contributed by atoms with Gasteiger partial charge in [-0.2, -0.15) is 5.10 Å². The minimum atomic E-state index is 0.190. The molecular weight excluding hydrogens is 202 g/mol. The molecule has 0 amide bonds. The lowest BCUT2D eigenvalue weighted by atomic mass is 10.1. The van der Waals surface area contributed by atoms with Crippen molar-refractivity contribution in [2.24, 2.45) is 7.05 Å². The van der Waals surface area contributed by atoms with E-state index in [1.807, 2.05) is 14.1 Å². The second-order valence-corrected chi connectivity index (χ2v) is 3.53. The molecular formula is C9H16ClN3O. The Kier molecular flexibility index (Phi) is 4.38. The van der Waals surface area contributed by atoms with Crippen molar-refractivity contribution in [1.82, 2.24) is 15.1 Å². The smallest absolute Gasteiger partial charge is 0.0834 e. The van der Waals surface area contributed by atoms with Gasteiger partial charge in [0.1, 0.15) is 0 Å². The Morgan fingerprint density at radius 3 is 2.86 bits per heavy atom. The molecule has 0 aromatic carbocycles. The van der Waals surface area contributed by atoms with Gasteiger partial charge in [-0.25, -0.2) is 0 Å².